The second kappa shape index (κ2) is 10.8. The Labute approximate surface area is 218 Å². The van der Waals surface area contributed by atoms with E-state index in [1.807, 2.05) is 37.3 Å². The van der Waals surface area contributed by atoms with E-state index in [2.05, 4.69) is 20.4 Å². The first-order valence-electron chi connectivity index (χ1n) is 11.5. The van der Waals surface area contributed by atoms with Crippen molar-refractivity contribution in [2.45, 2.75) is 13.0 Å². The van der Waals surface area contributed by atoms with Crippen LogP contribution in [0.25, 0.3) is 22.0 Å². The molecule has 37 heavy (non-hydrogen) atoms. The van der Waals surface area contributed by atoms with E-state index >= 15 is 0 Å². The van der Waals surface area contributed by atoms with Crippen molar-refractivity contribution < 1.29 is 13.6 Å². The first-order valence-corrected chi connectivity index (χ1v) is 11.5. The topological polar surface area (TPSA) is 85.2 Å². The summed E-state index contributed by atoms with van der Waals surface area (Å²) in [7, 11) is 0. The van der Waals surface area contributed by atoms with Gasteiger partial charge in [0.1, 0.15) is 17.3 Å². The van der Waals surface area contributed by atoms with Crippen LogP contribution in [-0.2, 0) is 0 Å². The van der Waals surface area contributed by atoms with E-state index in [1.54, 1.807) is 17.0 Å². The number of nitriles is 1. The van der Waals surface area contributed by atoms with Crippen molar-refractivity contribution >= 4 is 40.7 Å². The van der Waals surface area contributed by atoms with Crippen molar-refractivity contribution in [1.29, 1.82) is 5.26 Å². The number of nitrogens with zero attached hydrogens (tertiary/aromatic N) is 5. The molecule has 0 radical (unpaired) electrons. The highest BCUT2D eigenvalue weighted by molar-refractivity contribution is 6.00. The SMILES string of the molecule is CC1CN(C(=O)Nc2ccc(C#N)cc2F)CCN1c1nnc(-c2ccc(F)cc2)c2ccccc12.Cl. The van der Waals surface area contributed by atoms with Crippen molar-refractivity contribution in [3.8, 4) is 17.3 Å². The molecular weight excluding hydrogens is 498 g/mol. The predicted molar refractivity (Wildman–Crippen MR) is 141 cm³/mol. The van der Waals surface area contributed by atoms with Gasteiger partial charge in [0, 0.05) is 42.0 Å². The van der Waals surface area contributed by atoms with Gasteiger partial charge in [0.25, 0.3) is 0 Å². The number of rotatable bonds is 3. The third-order valence-corrected chi connectivity index (χ3v) is 6.31. The lowest BCUT2D eigenvalue weighted by Gasteiger charge is -2.40. The Morgan fingerprint density at radius 2 is 1.76 bits per heavy atom. The number of fused-ring (bicyclic) bond motifs is 1. The number of benzene rings is 3. The molecule has 3 aromatic carbocycles. The van der Waals surface area contributed by atoms with Crippen molar-refractivity contribution in [2.24, 2.45) is 0 Å². The highest BCUT2D eigenvalue weighted by Crippen LogP contribution is 2.33. The first-order chi connectivity index (χ1) is 17.4. The van der Waals surface area contributed by atoms with E-state index in [0.717, 1.165) is 22.4 Å². The fraction of sp³-hybridized carbons (Fsp3) is 0.185. The summed E-state index contributed by atoms with van der Waals surface area (Å²) in [4.78, 5) is 16.5. The predicted octanol–water partition coefficient (Wildman–Crippen LogP) is 5.61. The molecule has 1 aromatic heterocycles. The number of hydrogen-bond donors (Lipinski definition) is 1. The van der Waals surface area contributed by atoms with Gasteiger partial charge in [-0.15, -0.1) is 22.6 Å². The molecule has 0 aliphatic carbocycles. The van der Waals surface area contributed by atoms with Crippen LogP contribution in [0.15, 0.2) is 66.7 Å². The van der Waals surface area contributed by atoms with Crippen molar-refractivity contribution in [1.82, 2.24) is 15.1 Å². The number of piperazine rings is 1. The minimum atomic E-state index is -0.655. The van der Waals surface area contributed by atoms with E-state index in [-0.39, 0.29) is 35.5 Å². The van der Waals surface area contributed by atoms with Gasteiger partial charge in [-0.3, -0.25) is 0 Å². The van der Waals surface area contributed by atoms with Gasteiger partial charge in [0.05, 0.1) is 17.3 Å². The average molecular weight is 521 g/mol. The molecule has 4 aromatic rings. The Kier molecular flexibility index (Phi) is 7.50. The highest BCUT2D eigenvalue weighted by Gasteiger charge is 2.29. The smallest absolute Gasteiger partial charge is 0.322 e. The molecule has 1 aliphatic rings. The third-order valence-electron chi connectivity index (χ3n) is 6.31. The molecule has 5 rings (SSSR count). The van der Waals surface area contributed by atoms with Crippen LogP contribution in [0.4, 0.5) is 25.1 Å². The Hall–Kier alpha value is -4.29. The summed E-state index contributed by atoms with van der Waals surface area (Å²) >= 11 is 0. The maximum absolute atomic E-state index is 14.2. The molecule has 1 unspecified atom stereocenters. The van der Waals surface area contributed by atoms with Crippen molar-refractivity contribution in [2.75, 3.05) is 29.9 Å². The summed E-state index contributed by atoms with van der Waals surface area (Å²) in [5.74, 6) is -0.260. The maximum Gasteiger partial charge on any atom is 0.322 e. The summed E-state index contributed by atoms with van der Waals surface area (Å²) in [6.07, 6.45) is 0. The molecule has 10 heteroatoms. The molecule has 1 saturated heterocycles. The van der Waals surface area contributed by atoms with E-state index in [1.165, 1.54) is 24.3 Å². The van der Waals surface area contributed by atoms with Gasteiger partial charge in [-0.25, -0.2) is 13.6 Å². The number of halogens is 3. The minimum absolute atomic E-state index is 0. The van der Waals surface area contributed by atoms with Crippen molar-refractivity contribution in [3.63, 3.8) is 0 Å². The number of nitrogens with one attached hydrogen (secondary N) is 1. The van der Waals surface area contributed by atoms with Gasteiger partial charge in [0.15, 0.2) is 5.82 Å². The zero-order valence-electron chi connectivity index (χ0n) is 19.9. The quantitative estimate of drug-likeness (QED) is 0.379. The standard InChI is InChI=1S/C27H22F2N6O.ClH/c1-17-16-34(27(36)31-24-11-6-18(15-30)14-23(24)29)12-13-35(17)26-22-5-3-2-4-21(22)25(32-33-26)19-7-9-20(28)10-8-19;/h2-11,14,17H,12-13,16H2,1H3,(H,31,36);1H. The summed E-state index contributed by atoms with van der Waals surface area (Å²) in [6.45, 7) is 3.31. The summed E-state index contributed by atoms with van der Waals surface area (Å²) in [6, 6.07) is 19.3. The second-order valence-corrected chi connectivity index (χ2v) is 8.65. The summed E-state index contributed by atoms with van der Waals surface area (Å²) < 4.78 is 27.6. The minimum Gasteiger partial charge on any atom is -0.348 e. The van der Waals surface area contributed by atoms with Crippen LogP contribution in [0, 0.1) is 23.0 Å². The van der Waals surface area contributed by atoms with Crippen LogP contribution in [0.2, 0.25) is 0 Å². The lowest BCUT2D eigenvalue weighted by molar-refractivity contribution is 0.200. The lowest BCUT2D eigenvalue weighted by Crippen LogP contribution is -2.55. The van der Waals surface area contributed by atoms with E-state index in [0.29, 0.717) is 31.1 Å². The molecule has 2 heterocycles. The van der Waals surface area contributed by atoms with Gasteiger partial charge in [0.2, 0.25) is 0 Å². The number of hydrogen-bond acceptors (Lipinski definition) is 5. The van der Waals surface area contributed by atoms with Crippen LogP contribution in [0.3, 0.4) is 0 Å². The van der Waals surface area contributed by atoms with E-state index in [9.17, 15) is 13.6 Å². The van der Waals surface area contributed by atoms with Gasteiger partial charge in [-0.2, -0.15) is 5.26 Å². The van der Waals surface area contributed by atoms with Crippen LogP contribution in [0.1, 0.15) is 12.5 Å². The normalized spacial score (nSPS) is 15.1. The molecule has 188 valence electrons. The third kappa shape index (κ3) is 5.15. The zero-order valence-corrected chi connectivity index (χ0v) is 20.7. The van der Waals surface area contributed by atoms with Gasteiger partial charge in [-0.1, -0.05) is 24.3 Å². The van der Waals surface area contributed by atoms with Crippen molar-refractivity contribution in [3.05, 3.63) is 83.9 Å². The molecule has 1 aliphatic heterocycles. The fourth-order valence-electron chi connectivity index (χ4n) is 4.46. The highest BCUT2D eigenvalue weighted by atomic mass is 35.5. The number of urea groups is 1. The molecule has 1 atom stereocenters. The maximum atomic E-state index is 14.2. The largest absolute Gasteiger partial charge is 0.348 e. The summed E-state index contributed by atoms with van der Waals surface area (Å²) in [5, 5.41) is 22.3. The molecule has 0 spiro atoms. The molecule has 2 amide bonds. The Balaban J connectivity index is 0.00000320. The zero-order chi connectivity index (χ0) is 25.2. The fourth-order valence-corrected chi connectivity index (χ4v) is 4.46. The van der Waals surface area contributed by atoms with Crippen LogP contribution in [-0.4, -0.2) is 46.8 Å². The van der Waals surface area contributed by atoms with Gasteiger partial charge in [-0.05, 0) is 49.4 Å². The molecule has 0 bridgehead atoms. The molecule has 7 nitrogen and oxygen atoms in total. The molecule has 1 N–H and O–H groups in total. The van der Waals surface area contributed by atoms with Gasteiger partial charge >= 0.3 is 6.03 Å². The first kappa shape index (κ1) is 25.8. The molecule has 1 fully saturated rings. The number of carbonyl (C=O) groups excluding carboxylic acids is 1. The number of amides is 2. The molecular formula is C27H23ClF2N6O. The monoisotopic (exact) mass is 520 g/mol. The second-order valence-electron chi connectivity index (χ2n) is 8.65. The summed E-state index contributed by atoms with van der Waals surface area (Å²) in [5.41, 5.74) is 1.66. The number of aromatic nitrogens is 2. The van der Waals surface area contributed by atoms with Crippen LogP contribution in [0.5, 0.6) is 0 Å². The van der Waals surface area contributed by atoms with E-state index in [4.69, 9.17) is 5.26 Å². The Morgan fingerprint density at radius 3 is 2.43 bits per heavy atom. The average Bonchev–Trinajstić information content (AvgIpc) is 2.90. The lowest BCUT2D eigenvalue weighted by atomic mass is 10.0. The van der Waals surface area contributed by atoms with Gasteiger partial charge < -0.3 is 15.1 Å². The Morgan fingerprint density at radius 1 is 1.03 bits per heavy atom. The van der Waals surface area contributed by atoms with Crippen LogP contribution >= 0.6 is 12.4 Å². The number of carbonyl (C=O) groups is 1. The molecule has 0 saturated carbocycles. The van der Waals surface area contributed by atoms with E-state index < -0.39 is 11.8 Å². The number of anilines is 2. The van der Waals surface area contributed by atoms with Crippen LogP contribution < -0.4 is 10.2 Å². The Bertz CT molecular complexity index is 1490.